The van der Waals surface area contributed by atoms with E-state index in [9.17, 15) is 24.6 Å². The monoisotopic (exact) mass is 414 g/mol. The van der Waals surface area contributed by atoms with Crippen LogP contribution in [0, 0.1) is 0 Å². The molecule has 0 radical (unpaired) electrons. The summed E-state index contributed by atoms with van der Waals surface area (Å²) < 4.78 is 10.5. The van der Waals surface area contributed by atoms with E-state index in [-0.39, 0.29) is 68.5 Å². The van der Waals surface area contributed by atoms with E-state index in [1.807, 2.05) is 0 Å². The van der Waals surface area contributed by atoms with E-state index in [4.69, 9.17) is 9.47 Å². The van der Waals surface area contributed by atoms with Crippen molar-refractivity contribution in [2.24, 2.45) is 0 Å². The Labute approximate surface area is 172 Å². The fourth-order valence-corrected chi connectivity index (χ4v) is 2.96. The third-order valence-corrected chi connectivity index (χ3v) is 4.52. The largest absolute Gasteiger partial charge is 0.504 e. The molecule has 2 aromatic rings. The number of hydrogen-bond donors (Lipinski definition) is 2. The van der Waals surface area contributed by atoms with Crippen molar-refractivity contribution in [3.63, 3.8) is 0 Å². The van der Waals surface area contributed by atoms with Gasteiger partial charge in [-0.3, -0.25) is 24.3 Å². The number of nitrogens with zero attached hydrogens (tertiary/aromatic N) is 2. The Morgan fingerprint density at radius 2 is 1.53 bits per heavy atom. The van der Waals surface area contributed by atoms with E-state index in [0.717, 1.165) is 0 Å². The quantitative estimate of drug-likeness (QED) is 0.427. The standard InChI is InChI=1S/C21H22N2O7/c24-17-5-4-14(10-18(17)25)19(26)13-23-6-8-29-20(27)11-15-2-1-3-16(22-15)12-21(28)30-9-7-23/h1-5,10,24-25H,6-9,11-13H2. The van der Waals surface area contributed by atoms with Crippen molar-refractivity contribution in [1.82, 2.24) is 9.88 Å². The molecule has 158 valence electrons. The lowest BCUT2D eigenvalue weighted by atomic mass is 10.1. The number of esters is 2. The van der Waals surface area contributed by atoms with Gasteiger partial charge in [0.15, 0.2) is 17.3 Å². The van der Waals surface area contributed by atoms with Gasteiger partial charge in [-0.2, -0.15) is 0 Å². The Morgan fingerprint density at radius 3 is 2.10 bits per heavy atom. The molecule has 0 aliphatic carbocycles. The molecule has 0 amide bonds. The van der Waals surface area contributed by atoms with Gasteiger partial charge in [0.25, 0.3) is 0 Å². The first-order valence-electron chi connectivity index (χ1n) is 9.44. The van der Waals surface area contributed by atoms with Crippen molar-refractivity contribution in [2.75, 3.05) is 32.8 Å². The van der Waals surface area contributed by atoms with Crippen molar-refractivity contribution >= 4 is 17.7 Å². The Balaban J connectivity index is 1.67. The van der Waals surface area contributed by atoms with Gasteiger partial charge in [0.2, 0.25) is 0 Å². The van der Waals surface area contributed by atoms with Crippen LogP contribution in [0.2, 0.25) is 0 Å². The number of ether oxygens (including phenoxy) is 2. The van der Waals surface area contributed by atoms with E-state index in [1.165, 1.54) is 18.2 Å². The maximum Gasteiger partial charge on any atom is 0.311 e. The molecule has 0 fully saturated rings. The normalized spacial score (nSPS) is 16.3. The highest BCUT2D eigenvalue weighted by Gasteiger charge is 2.17. The summed E-state index contributed by atoms with van der Waals surface area (Å²) in [5.74, 6) is -1.91. The lowest BCUT2D eigenvalue weighted by molar-refractivity contribution is -0.143. The number of aromatic nitrogens is 1. The summed E-state index contributed by atoms with van der Waals surface area (Å²) in [7, 11) is 0. The Hall–Kier alpha value is -3.46. The topological polar surface area (TPSA) is 126 Å². The summed E-state index contributed by atoms with van der Waals surface area (Å²) in [4.78, 5) is 42.6. The van der Waals surface area contributed by atoms with Gasteiger partial charge in [-0.25, -0.2) is 0 Å². The van der Waals surface area contributed by atoms with Crippen LogP contribution in [0.1, 0.15) is 21.7 Å². The molecule has 9 nitrogen and oxygen atoms in total. The Morgan fingerprint density at radius 1 is 0.933 bits per heavy atom. The molecular weight excluding hydrogens is 392 g/mol. The number of phenolic OH excluding ortho intramolecular Hbond substituents is 2. The molecule has 1 aromatic carbocycles. The van der Waals surface area contributed by atoms with Gasteiger partial charge in [-0.05, 0) is 30.3 Å². The van der Waals surface area contributed by atoms with Gasteiger partial charge in [0.05, 0.1) is 30.8 Å². The Bertz CT molecular complexity index is 905. The molecule has 9 heteroatoms. The second-order valence-electron chi connectivity index (χ2n) is 6.82. The van der Waals surface area contributed by atoms with Gasteiger partial charge >= 0.3 is 11.9 Å². The highest BCUT2D eigenvalue weighted by atomic mass is 16.5. The average Bonchev–Trinajstić information content (AvgIpc) is 2.69. The minimum Gasteiger partial charge on any atom is -0.504 e. The fourth-order valence-electron chi connectivity index (χ4n) is 2.96. The number of aromatic hydroxyl groups is 2. The zero-order valence-electron chi connectivity index (χ0n) is 16.2. The maximum atomic E-state index is 12.5. The maximum absolute atomic E-state index is 12.5. The molecule has 1 aliphatic heterocycles. The summed E-state index contributed by atoms with van der Waals surface area (Å²) >= 11 is 0. The van der Waals surface area contributed by atoms with E-state index >= 15 is 0 Å². The number of cyclic esters (lactones) is 2. The lowest BCUT2D eigenvalue weighted by Crippen LogP contribution is -2.36. The molecule has 0 spiro atoms. The third kappa shape index (κ3) is 6.02. The number of phenols is 2. The predicted octanol–water partition coefficient (Wildman–Crippen LogP) is 0.863. The van der Waals surface area contributed by atoms with Crippen LogP contribution in [0.3, 0.4) is 0 Å². The zero-order valence-corrected chi connectivity index (χ0v) is 16.2. The van der Waals surface area contributed by atoms with E-state index < -0.39 is 11.9 Å². The summed E-state index contributed by atoms with van der Waals surface area (Å²) in [6, 6.07) is 8.90. The van der Waals surface area contributed by atoms with Crippen LogP contribution in [0.5, 0.6) is 11.5 Å². The van der Waals surface area contributed by atoms with Gasteiger partial charge in [-0.1, -0.05) is 6.07 Å². The number of carbonyl (C=O) groups is 3. The molecule has 0 unspecified atom stereocenters. The van der Waals surface area contributed by atoms with Crippen molar-refractivity contribution < 1.29 is 34.1 Å². The number of benzene rings is 1. The third-order valence-electron chi connectivity index (χ3n) is 4.52. The fraction of sp³-hybridized carbons (Fsp3) is 0.333. The van der Waals surface area contributed by atoms with E-state index in [0.29, 0.717) is 11.4 Å². The minimum absolute atomic E-state index is 0.0192. The van der Waals surface area contributed by atoms with Crippen LogP contribution in [0.25, 0.3) is 0 Å². The second-order valence-corrected chi connectivity index (χ2v) is 6.82. The van der Waals surface area contributed by atoms with Crippen molar-refractivity contribution in [1.29, 1.82) is 0 Å². The first kappa shape index (κ1) is 21.3. The molecule has 2 bridgehead atoms. The molecular formula is C21H22N2O7. The molecule has 1 aromatic heterocycles. The SMILES string of the molecule is O=C1Cc2cccc(n2)CC(=O)OCCN(CC(=O)c2ccc(O)c(O)c2)CCO1. The first-order valence-corrected chi connectivity index (χ1v) is 9.44. The van der Waals surface area contributed by atoms with Crippen molar-refractivity contribution in [3.8, 4) is 11.5 Å². The van der Waals surface area contributed by atoms with Gasteiger partial charge in [0, 0.05) is 18.7 Å². The van der Waals surface area contributed by atoms with E-state index in [2.05, 4.69) is 4.98 Å². The highest BCUT2D eigenvalue weighted by Crippen LogP contribution is 2.25. The lowest BCUT2D eigenvalue weighted by Gasteiger charge is -2.21. The minimum atomic E-state index is -0.450. The number of fused-ring (bicyclic) bond motifs is 2. The molecule has 0 atom stereocenters. The molecule has 1 aliphatic rings. The zero-order chi connectivity index (χ0) is 21.5. The van der Waals surface area contributed by atoms with Crippen LogP contribution >= 0.6 is 0 Å². The van der Waals surface area contributed by atoms with Crippen LogP contribution in [0.15, 0.2) is 36.4 Å². The smallest absolute Gasteiger partial charge is 0.311 e. The first-order chi connectivity index (χ1) is 14.4. The second kappa shape index (κ2) is 9.84. The number of ketones is 1. The molecule has 3 rings (SSSR count). The number of carbonyl (C=O) groups excluding carboxylic acids is 3. The summed E-state index contributed by atoms with van der Waals surface area (Å²) in [6.07, 6.45) is -0.0385. The number of rotatable bonds is 3. The summed E-state index contributed by atoms with van der Waals surface area (Å²) in [6.45, 7) is 0.584. The van der Waals surface area contributed by atoms with Gasteiger partial charge in [-0.15, -0.1) is 0 Å². The Kier molecular flexibility index (Phi) is 6.97. The van der Waals surface area contributed by atoms with Crippen molar-refractivity contribution in [3.05, 3.63) is 53.3 Å². The van der Waals surface area contributed by atoms with Crippen LogP contribution < -0.4 is 0 Å². The molecule has 2 N–H and O–H groups in total. The number of hydrogen-bond acceptors (Lipinski definition) is 9. The molecule has 30 heavy (non-hydrogen) atoms. The summed E-state index contributed by atoms with van der Waals surface area (Å²) in [5.41, 5.74) is 1.23. The van der Waals surface area contributed by atoms with E-state index in [1.54, 1.807) is 23.1 Å². The van der Waals surface area contributed by atoms with Crippen LogP contribution in [-0.4, -0.2) is 70.7 Å². The molecule has 0 saturated heterocycles. The van der Waals surface area contributed by atoms with Gasteiger partial charge in [0.1, 0.15) is 13.2 Å². The van der Waals surface area contributed by atoms with Gasteiger partial charge < -0.3 is 19.7 Å². The highest BCUT2D eigenvalue weighted by molar-refractivity contribution is 5.98. The molecule has 0 saturated carbocycles. The number of pyridine rings is 1. The number of Topliss-reactive ketones (excluding diaryl/α,β-unsaturated/α-hetero) is 1. The summed E-state index contributed by atoms with van der Waals surface area (Å²) in [5, 5.41) is 19.0. The predicted molar refractivity (Wildman–Crippen MR) is 104 cm³/mol. The van der Waals surface area contributed by atoms with Crippen LogP contribution in [0.4, 0.5) is 0 Å². The average molecular weight is 414 g/mol. The molecule has 2 heterocycles. The van der Waals surface area contributed by atoms with Crippen LogP contribution in [-0.2, 0) is 31.9 Å². The van der Waals surface area contributed by atoms with Crippen molar-refractivity contribution in [2.45, 2.75) is 12.8 Å².